The fourth-order valence-corrected chi connectivity index (χ4v) is 2.50. The van der Waals surface area contributed by atoms with Gasteiger partial charge < -0.3 is 15.2 Å². The Bertz CT molecular complexity index is 999. The van der Waals surface area contributed by atoms with E-state index in [0.29, 0.717) is 23.5 Å². The Hall–Kier alpha value is -3.93. The Morgan fingerprint density at radius 1 is 0.966 bits per heavy atom. The van der Waals surface area contributed by atoms with E-state index in [4.69, 9.17) is 15.2 Å². The molecule has 29 heavy (non-hydrogen) atoms. The number of nitrogens with two attached hydrogens (primary N) is 1. The van der Waals surface area contributed by atoms with Crippen LogP contribution in [-0.2, 0) is 22.7 Å². The van der Waals surface area contributed by atoms with Crippen molar-refractivity contribution in [2.45, 2.75) is 13.2 Å². The minimum atomic E-state index is -0.523. The van der Waals surface area contributed by atoms with Crippen molar-refractivity contribution in [1.29, 1.82) is 0 Å². The normalized spacial score (nSPS) is 10.6. The molecule has 0 atom stereocenters. The van der Waals surface area contributed by atoms with E-state index < -0.39 is 11.9 Å². The topological polar surface area (TPSA) is 91.5 Å². The van der Waals surface area contributed by atoms with Crippen molar-refractivity contribution in [2.24, 2.45) is 5.73 Å². The third-order valence-corrected chi connectivity index (χ3v) is 4.00. The predicted octanol–water partition coefficient (Wildman–Crippen LogP) is 3.52. The molecule has 1 heterocycles. The predicted molar refractivity (Wildman–Crippen MR) is 109 cm³/mol. The molecule has 0 saturated heterocycles. The minimum Gasteiger partial charge on any atom is -0.487 e. The smallest absolute Gasteiger partial charge is 0.331 e. The number of amides is 1. The van der Waals surface area contributed by atoms with Crippen molar-refractivity contribution in [3.63, 3.8) is 0 Å². The molecule has 0 saturated carbocycles. The van der Waals surface area contributed by atoms with Crippen LogP contribution < -0.4 is 10.5 Å². The molecule has 0 bridgehead atoms. The number of carbonyl (C=O) groups excluding carboxylic acids is 2. The summed E-state index contributed by atoms with van der Waals surface area (Å²) in [5.74, 6) is -0.291. The second-order valence-corrected chi connectivity index (χ2v) is 6.18. The zero-order chi connectivity index (χ0) is 20.5. The molecule has 0 fully saturated rings. The van der Waals surface area contributed by atoms with Gasteiger partial charge in [0.05, 0.1) is 5.69 Å². The van der Waals surface area contributed by atoms with Crippen molar-refractivity contribution in [2.75, 3.05) is 0 Å². The zero-order valence-corrected chi connectivity index (χ0v) is 15.7. The van der Waals surface area contributed by atoms with Gasteiger partial charge in [-0.2, -0.15) is 0 Å². The van der Waals surface area contributed by atoms with Gasteiger partial charge in [-0.05, 0) is 53.6 Å². The van der Waals surface area contributed by atoms with E-state index in [-0.39, 0.29) is 6.61 Å². The Labute approximate surface area is 168 Å². The summed E-state index contributed by atoms with van der Waals surface area (Å²) < 4.78 is 10.9. The maximum atomic E-state index is 11.9. The van der Waals surface area contributed by atoms with Gasteiger partial charge in [0.2, 0.25) is 5.91 Å². The van der Waals surface area contributed by atoms with Crippen molar-refractivity contribution >= 4 is 18.0 Å². The number of carbonyl (C=O) groups is 2. The van der Waals surface area contributed by atoms with Gasteiger partial charge in [-0.25, -0.2) is 4.79 Å². The summed E-state index contributed by atoms with van der Waals surface area (Å²) >= 11 is 0. The maximum Gasteiger partial charge on any atom is 0.331 e. The lowest BCUT2D eigenvalue weighted by atomic mass is 10.1. The standard InChI is InChI=1S/C23H20N2O4/c24-23(27)19-5-3-4-18(14-19)15-29-22(26)12-9-17-7-10-21(11-8-17)28-16-20-6-1-2-13-25-20/h1-14H,15-16H2,(H2,24,27)/b12-9+. The van der Waals surface area contributed by atoms with E-state index in [9.17, 15) is 9.59 Å². The highest BCUT2D eigenvalue weighted by molar-refractivity contribution is 5.93. The van der Waals surface area contributed by atoms with Gasteiger partial charge >= 0.3 is 5.97 Å². The molecule has 6 heteroatoms. The van der Waals surface area contributed by atoms with Gasteiger partial charge in [-0.15, -0.1) is 0 Å². The first-order chi connectivity index (χ1) is 14.1. The minimum absolute atomic E-state index is 0.0601. The first-order valence-electron chi connectivity index (χ1n) is 8.96. The first-order valence-corrected chi connectivity index (χ1v) is 8.96. The Balaban J connectivity index is 1.48. The molecule has 1 amide bonds. The van der Waals surface area contributed by atoms with E-state index >= 15 is 0 Å². The number of primary amides is 1. The van der Waals surface area contributed by atoms with Crippen molar-refractivity contribution in [1.82, 2.24) is 4.98 Å². The van der Waals surface area contributed by atoms with Crippen LogP contribution in [0.5, 0.6) is 5.75 Å². The highest BCUT2D eigenvalue weighted by Crippen LogP contribution is 2.15. The fraction of sp³-hybridized carbons (Fsp3) is 0.0870. The Morgan fingerprint density at radius 3 is 2.52 bits per heavy atom. The second kappa shape index (κ2) is 9.85. The molecule has 0 radical (unpaired) electrons. The third-order valence-electron chi connectivity index (χ3n) is 4.00. The molecular weight excluding hydrogens is 368 g/mol. The van der Waals surface area contributed by atoms with Crippen LogP contribution in [0.15, 0.2) is 79.0 Å². The number of pyridine rings is 1. The van der Waals surface area contributed by atoms with Gasteiger partial charge in [0.25, 0.3) is 0 Å². The number of hydrogen-bond acceptors (Lipinski definition) is 5. The van der Waals surface area contributed by atoms with Crippen molar-refractivity contribution in [3.05, 3.63) is 101 Å². The van der Waals surface area contributed by atoms with E-state index in [1.807, 2.05) is 42.5 Å². The summed E-state index contributed by atoms with van der Waals surface area (Å²) in [7, 11) is 0. The maximum absolute atomic E-state index is 11.9. The Morgan fingerprint density at radius 2 is 1.79 bits per heavy atom. The molecule has 0 aliphatic carbocycles. The summed E-state index contributed by atoms with van der Waals surface area (Å²) in [4.78, 5) is 27.3. The number of benzene rings is 2. The zero-order valence-electron chi connectivity index (χ0n) is 15.7. The van der Waals surface area contributed by atoms with Crippen LogP contribution in [0, 0.1) is 0 Å². The van der Waals surface area contributed by atoms with Crippen LogP contribution >= 0.6 is 0 Å². The number of nitrogens with zero attached hydrogens (tertiary/aromatic N) is 1. The average molecular weight is 388 g/mol. The van der Waals surface area contributed by atoms with Crippen molar-refractivity contribution < 1.29 is 19.1 Å². The highest BCUT2D eigenvalue weighted by Gasteiger charge is 2.04. The number of hydrogen-bond donors (Lipinski definition) is 1. The SMILES string of the molecule is NC(=O)c1cccc(COC(=O)/C=C/c2ccc(OCc3ccccn3)cc2)c1. The summed E-state index contributed by atoms with van der Waals surface area (Å²) in [5.41, 5.74) is 7.99. The summed E-state index contributed by atoms with van der Waals surface area (Å²) in [5, 5.41) is 0. The summed E-state index contributed by atoms with van der Waals surface area (Å²) in [6.45, 7) is 0.448. The fourth-order valence-electron chi connectivity index (χ4n) is 2.50. The molecular formula is C23H20N2O4. The largest absolute Gasteiger partial charge is 0.487 e. The lowest BCUT2D eigenvalue weighted by molar-refractivity contribution is -0.138. The molecule has 3 rings (SSSR count). The van der Waals surface area contributed by atoms with Gasteiger partial charge in [0.1, 0.15) is 19.0 Å². The van der Waals surface area contributed by atoms with Crippen LogP contribution in [0.25, 0.3) is 6.08 Å². The first kappa shape index (κ1) is 19.8. The molecule has 3 aromatic rings. The number of ether oxygens (including phenoxy) is 2. The van der Waals surface area contributed by atoms with E-state index in [1.165, 1.54) is 6.08 Å². The molecule has 6 nitrogen and oxygen atoms in total. The molecule has 2 aromatic carbocycles. The van der Waals surface area contributed by atoms with Gasteiger partial charge in [-0.1, -0.05) is 30.3 Å². The molecule has 0 aliphatic rings. The number of esters is 1. The number of aromatic nitrogens is 1. The summed E-state index contributed by atoms with van der Waals surface area (Å²) in [6, 6.07) is 19.6. The molecule has 1 aromatic heterocycles. The van der Waals surface area contributed by atoms with Crippen LogP contribution in [0.1, 0.15) is 27.2 Å². The highest BCUT2D eigenvalue weighted by atomic mass is 16.5. The number of rotatable bonds is 8. The Kier molecular flexibility index (Phi) is 6.73. The molecule has 2 N–H and O–H groups in total. The van der Waals surface area contributed by atoms with E-state index in [1.54, 1.807) is 36.5 Å². The van der Waals surface area contributed by atoms with Crippen LogP contribution in [-0.4, -0.2) is 16.9 Å². The monoisotopic (exact) mass is 388 g/mol. The lowest BCUT2D eigenvalue weighted by Crippen LogP contribution is -2.11. The molecule has 0 unspecified atom stereocenters. The van der Waals surface area contributed by atoms with E-state index in [2.05, 4.69) is 4.98 Å². The van der Waals surface area contributed by atoms with Crippen molar-refractivity contribution in [3.8, 4) is 5.75 Å². The second-order valence-electron chi connectivity index (χ2n) is 6.18. The molecule has 0 spiro atoms. The van der Waals surface area contributed by atoms with Crippen LogP contribution in [0.2, 0.25) is 0 Å². The molecule has 146 valence electrons. The average Bonchev–Trinajstić information content (AvgIpc) is 2.76. The van der Waals surface area contributed by atoms with Gasteiger partial charge in [0, 0.05) is 17.8 Å². The summed E-state index contributed by atoms with van der Waals surface area (Å²) in [6.07, 6.45) is 4.73. The van der Waals surface area contributed by atoms with Gasteiger partial charge in [-0.3, -0.25) is 9.78 Å². The molecule has 0 aliphatic heterocycles. The third kappa shape index (κ3) is 6.32. The van der Waals surface area contributed by atoms with E-state index in [0.717, 1.165) is 11.3 Å². The van der Waals surface area contributed by atoms with Crippen LogP contribution in [0.3, 0.4) is 0 Å². The quantitative estimate of drug-likeness (QED) is 0.471. The van der Waals surface area contributed by atoms with Crippen LogP contribution in [0.4, 0.5) is 0 Å². The lowest BCUT2D eigenvalue weighted by Gasteiger charge is -2.06. The van der Waals surface area contributed by atoms with Gasteiger partial charge in [0.15, 0.2) is 0 Å².